The Labute approximate surface area is 180 Å². The quantitative estimate of drug-likeness (QED) is 0.351. The first kappa shape index (κ1) is 19.8. The lowest BCUT2D eigenvalue weighted by Crippen LogP contribution is -2.22. The summed E-state index contributed by atoms with van der Waals surface area (Å²) in [6.07, 6.45) is 1.88. The molecule has 0 unspecified atom stereocenters. The number of methoxy groups -OCH3 is 1. The zero-order valence-electron chi connectivity index (χ0n) is 16.5. The molecule has 152 valence electrons. The Kier molecular flexibility index (Phi) is 5.86. The van der Waals surface area contributed by atoms with Gasteiger partial charge in [-0.3, -0.25) is 0 Å². The van der Waals surface area contributed by atoms with E-state index in [0.717, 1.165) is 28.8 Å². The molecular formula is C23H22ClN5O. The van der Waals surface area contributed by atoms with Crippen LogP contribution in [-0.4, -0.2) is 22.6 Å². The molecule has 3 N–H and O–H groups in total. The van der Waals surface area contributed by atoms with E-state index in [1.165, 1.54) is 5.56 Å². The number of hydrogen-bond donors (Lipinski definition) is 2. The Hall–Kier alpha value is -3.51. The Morgan fingerprint density at radius 1 is 1.10 bits per heavy atom. The molecule has 30 heavy (non-hydrogen) atoms. The lowest BCUT2D eigenvalue weighted by atomic mass is 10.1. The zero-order valence-corrected chi connectivity index (χ0v) is 17.3. The van der Waals surface area contributed by atoms with Gasteiger partial charge < -0.3 is 20.4 Å². The monoisotopic (exact) mass is 419 g/mol. The fourth-order valence-corrected chi connectivity index (χ4v) is 3.45. The second-order valence-electron chi connectivity index (χ2n) is 6.85. The molecule has 0 saturated heterocycles. The Balaban J connectivity index is 1.37. The van der Waals surface area contributed by atoms with Gasteiger partial charge in [0.05, 0.1) is 36.0 Å². The molecule has 0 aliphatic carbocycles. The van der Waals surface area contributed by atoms with E-state index in [9.17, 15) is 0 Å². The average Bonchev–Trinajstić information content (AvgIpc) is 3.16. The van der Waals surface area contributed by atoms with E-state index in [2.05, 4.69) is 50.2 Å². The van der Waals surface area contributed by atoms with E-state index in [-0.39, 0.29) is 0 Å². The number of nitrogens with two attached hydrogens (primary N) is 1. The Morgan fingerprint density at radius 2 is 1.87 bits per heavy atom. The van der Waals surface area contributed by atoms with Gasteiger partial charge in [0, 0.05) is 12.2 Å². The van der Waals surface area contributed by atoms with Crippen LogP contribution in [0.15, 0.2) is 78.0 Å². The summed E-state index contributed by atoms with van der Waals surface area (Å²) in [6, 6.07) is 21.8. The van der Waals surface area contributed by atoms with Crippen LogP contribution in [0.2, 0.25) is 5.02 Å². The number of imidazole rings is 1. The second-order valence-corrected chi connectivity index (χ2v) is 7.26. The van der Waals surface area contributed by atoms with E-state index < -0.39 is 0 Å². The normalized spacial score (nSPS) is 11.6. The highest BCUT2D eigenvalue weighted by molar-refractivity contribution is 6.32. The van der Waals surface area contributed by atoms with Crippen molar-refractivity contribution < 1.29 is 4.74 Å². The van der Waals surface area contributed by atoms with Crippen molar-refractivity contribution in [3.8, 4) is 5.75 Å². The van der Waals surface area contributed by atoms with Crippen LogP contribution in [0.25, 0.3) is 11.0 Å². The van der Waals surface area contributed by atoms with Crippen LogP contribution in [-0.2, 0) is 13.1 Å². The number of ether oxygens (including phenoxy) is 1. The highest BCUT2D eigenvalue weighted by Crippen LogP contribution is 2.27. The van der Waals surface area contributed by atoms with Gasteiger partial charge in [0.15, 0.2) is 5.96 Å². The van der Waals surface area contributed by atoms with Crippen molar-refractivity contribution in [3.05, 3.63) is 89.2 Å². The molecule has 0 atom stereocenters. The first-order valence-electron chi connectivity index (χ1n) is 9.50. The molecule has 6 nitrogen and oxygen atoms in total. The number of hydrogen-bond acceptors (Lipinski definition) is 3. The number of nitrogens with one attached hydrogen (secondary N) is 1. The molecule has 0 radical (unpaired) electrons. The van der Waals surface area contributed by atoms with Gasteiger partial charge in [-0.05, 0) is 41.5 Å². The first-order chi connectivity index (χ1) is 14.6. The van der Waals surface area contributed by atoms with Crippen molar-refractivity contribution in [2.24, 2.45) is 10.7 Å². The van der Waals surface area contributed by atoms with Crippen LogP contribution in [0, 0.1) is 0 Å². The van der Waals surface area contributed by atoms with Crippen LogP contribution in [0.1, 0.15) is 11.1 Å². The summed E-state index contributed by atoms with van der Waals surface area (Å²) < 4.78 is 7.29. The molecule has 1 aromatic heterocycles. The summed E-state index contributed by atoms with van der Waals surface area (Å²) in [5.41, 5.74) is 11.2. The topological polar surface area (TPSA) is 77.5 Å². The molecule has 0 amide bonds. The third-order valence-corrected chi connectivity index (χ3v) is 5.05. The van der Waals surface area contributed by atoms with Gasteiger partial charge in [-0.25, -0.2) is 9.98 Å². The van der Waals surface area contributed by atoms with E-state index >= 15 is 0 Å². The standard InChI is InChI=1S/C23H22ClN5O/c1-30-22-11-10-18(12-19(22)24)28-23(25)26-13-16-6-8-17(9-7-16)14-29-15-27-20-4-2-3-5-21(20)29/h2-12,15H,13-14H2,1H3,(H3,25,26,28). The molecule has 4 aromatic rings. The van der Waals surface area contributed by atoms with Crippen molar-refractivity contribution in [1.82, 2.24) is 9.55 Å². The number of anilines is 1. The molecule has 0 saturated carbocycles. The molecule has 0 fully saturated rings. The van der Waals surface area contributed by atoms with Gasteiger partial charge in [-0.15, -0.1) is 0 Å². The number of rotatable bonds is 6. The summed E-state index contributed by atoms with van der Waals surface area (Å²) in [4.78, 5) is 8.84. The van der Waals surface area contributed by atoms with E-state index in [1.807, 2.05) is 30.6 Å². The fraction of sp³-hybridized carbons (Fsp3) is 0.130. The number of benzene rings is 3. The molecular weight excluding hydrogens is 398 g/mol. The van der Waals surface area contributed by atoms with Gasteiger partial charge in [0.1, 0.15) is 5.75 Å². The zero-order chi connectivity index (χ0) is 20.9. The number of halogens is 1. The third kappa shape index (κ3) is 4.55. The minimum absolute atomic E-state index is 0.324. The summed E-state index contributed by atoms with van der Waals surface area (Å²) in [7, 11) is 1.58. The number of aromatic nitrogens is 2. The molecule has 0 bridgehead atoms. The van der Waals surface area contributed by atoms with E-state index in [4.69, 9.17) is 22.1 Å². The second kappa shape index (κ2) is 8.88. The smallest absolute Gasteiger partial charge is 0.193 e. The molecule has 7 heteroatoms. The van der Waals surface area contributed by atoms with Gasteiger partial charge in [0.2, 0.25) is 0 Å². The van der Waals surface area contributed by atoms with Crippen LogP contribution >= 0.6 is 11.6 Å². The number of guanidine groups is 1. The predicted octanol–water partition coefficient (Wildman–Crippen LogP) is 4.67. The summed E-state index contributed by atoms with van der Waals surface area (Å²) >= 11 is 6.13. The lowest BCUT2D eigenvalue weighted by Gasteiger charge is -2.09. The highest BCUT2D eigenvalue weighted by Gasteiger charge is 2.04. The average molecular weight is 420 g/mol. The Bertz CT molecular complexity index is 1180. The van der Waals surface area contributed by atoms with Crippen molar-refractivity contribution in [2.45, 2.75) is 13.1 Å². The highest BCUT2D eigenvalue weighted by atomic mass is 35.5. The summed E-state index contributed by atoms with van der Waals surface area (Å²) in [6.45, 7) is 1.25. The molecule has 0 aliphatic heterocycles. The SMILES string of the molecule is COc1ccc(NC(N)=NCc2ccc(Cn3cnc4ccccc43)cc2)cc1Cl. The van der Waals surface area contributed by atoms with Crippen LogP contribution < -0.4 is 15.8 Å². The fourth-order valence-electron chi connectivity index (χ4n) is 3.19. The number of nitrogens with zero attached hydrogens (tertiary/aromatic N) is 3. The largest absolute Gasteiger partial charge is 0.495 e. The van der Waals surface area contributed by atoms with Gasteiger partial charge in [-0.1, -0.05) is 48.0 Å². The maximum absolute atomic E-state index is 6.13. The number of para-hydroxylation sites is 2. The van der Waals surface area contributed by atoms with Crippen molar-refractivity contribution in [2.75, 3.05) is 12.4 Å². The predicted molar refractivity (Wildman–Crippen MR) is 122 cm³/mol. The van der Waals surface area contributed by atoms with Gasteiger partial charge >= 0.3 is 0 Å². The molecule has 3 aromatic carbocycles. The van der Waals surface area contributed by atoms with Crippen molar-refractivity contribution >= 4 is 34.3 Å². The Morgan fingerprint density at radius 3 is 2.63 bits per heavy atom. The minimum atomic E-state index is 0.324. The van der Waals surface area contributed by atoms with Gasteiger partial charge in [0.25, 0.3) is 0 Å². The van der Waals surface area contributed by atoms with Gasteiger partial charge in [-0.2, -0.15) is 0 Å². The van der Waals surface area contributed by atoms with Crippen LogP contribution in [0.5, 0.6) is 5.75 Å². The number of aliphatic imine (C=N–C) groups is 1. The molecule has 1 heterocycles. The lowest BCUT2D eigenvalue weighted by molar-refractivity contribution is 0.415. The minimum Gasteiger partial charge on any atom is -0.495 e. The molecule has 0 aliphatic rings. The summed E-state index contributed by atoms with van der Waals surface area (Å²) in [5, 5.41) is 3.55. The maximum atomic E-state index is 6.13. The first-order valence-corrected chi connectivity index (χ1v) is 9.88. The van der Waals surface area contributed by atoms with E-state index in [0.29, 0.717) is 23.3 Å². The van der Waals surface area contributed by atoms with Crippen molar-refractivity contribution in [1.29, 1.82) is 0 Å². The molecule has 4 rings (SSSR count). The maximum Gasteiger partial charge on any atom is 0.193 e. The third-order valence-electron chi connectivity index (χ3n) is 4.76. The van der Waals surface area contributed by atoms with Crippen molar-refractivity contribution in [3.63, 3.8) is 0 Å². The number of fused-ring (bicyclic) bond motifs is 1. The summed E-state index contributed by atoms with van der Waals surface area (Å²) in [5.74, 6) is 0.937. The van der Waals surface area contributed by atoms with Crippen LogP contribution in [0.4, 0.5) is 5.69 Å². The van der Waals surface area contributed by atoms with E-state index in [1.54, 1.807) is 19.2 Å². The van der Waals surface area contributed by atoms with Crippen LogP contribution in [0.3, 0.4) is 0 Å². The molecule has 0 spiro atoms.